The van der Waals surface area contributed by atoms with Gasteiger partial charge in [0.05, 0.1) is 18.0 Å². The molecule has 0 saturated carbocycles. The summed E-state index contributed by atoms with van der Waals surface area (Å²) in [4.78, 5) is 2.28. The molecule has 0 fully saturated rings. The van der Waals surface area contributed by atoms with Crippen molar-refractivity contribution in [2.24, 2.45) is 0 Å². The average molecular weight is 349 g/mol. The number of benzene rings is 3. The van der Waals surface area contributed by atoms with E-state index < -0.39 is 7.29 Å². The number of fused-ring (bicyclic) bond motifs is 1. The molecule has 0 bridgehead atoms. The number of para-hydroxylation sites is 3. The van der Waals surface area contributed by atoms with Gasteiger partial charge >= 0.3 is 0 Å². The van der Waals surface area contributed by atoms with Gasteiger partial charge in [0, 0.05) is 12.4 Å². The van der Waals surface area contributed by atoms with Crippen LogP contribution >= 0.6 is 7.29 Å². The molecule has 4 rings (SSSR count). The Morgan fingerprint density at radius 1 is 0.840 bits per heavy atom. The average Bonchev–Trinajstić information content (AvgIpc) is 2.66. The molecule has 1 aliphatic heterocycles. The predicted molar refractivity (Wildman–Crippen MR) is 107 cm³/mol. The van der Waals surface area contributed by atoms with Gasteiger partial charge in [0.25, 0.3) is 7.29 Å². The van der Waals surface area contributed by atoms with Crippen molar-refractivity contribution in [3.8, 4) is 0 Å². The second-order valence-electron chi connectivity index (χ2n) is 6.75. The standard InChI is InChI=1S/C21H22N2OP/c1-23(19-13-7-4-8-14-19)17-22(18-11-5-3-6-12-18)20-15-9-10-16-21(20)25(23,2)24/h3-16H,17H2,1-2H3/q+1. The Labute approximate surface area is 149 Å². The van der Waals surface area contributed by atoms with Gasteiger partial charge in [0.2, 0.25) is 0 Å². The van der Waals surface area contributed by atoms with Crippen LogP contribution in [-0.4, -0.2) is 20.4 Å². The van der Waals surface area contributed by atoms with Crippen molar-refractivity contribution in [3.05, 3.63) is 84.9 Å². The Bertz CT molecular complexity index is 942. The Kier molecular flexibility index (Phi) is 3.79. The van der Waals surface area contributed by atoms with Crippen LogP contribution in [0.4, 0.5) is 17.1 Å². The Hall–Kier alpha value is -2.35. The second-order valence-corrected chi connectivity index (χ2v) is 9.87. The molecule has 0 amide bonds. The fourth-order valence-corrected chi connectivity index (χ4v) is 6.03. The zero-order chi connectivity index (χ0) is 17.5. The summed E-state index contributed by atoms with van der Waals surface area (Å²) in [5.41, 5.74) is 3.24. The van der Waals surface area contributed by atoms with Gasteiger partial charge in [0.15, 0.2) is 6.67 Å². The summed E-state index contributed by atoms with van der Waals surface area (Å²) in [6.45, 7) is 2.56. The van der Waals surface area contributed by atoms with Crippen LogP contribution in [0.2, 0.25) is 0 Å². The molecule has 25 heavy (non-hydrogen) atoms. The normalized spacial score (nSPS) is 25.4. The lowest BCUT2D eigenvalue weighted by Crippen LogP contribution is -2.55. The molecule has 1 heterocycles. The molecule has 2 unspecified atom stereocenters. The molecular weight excluding hydrogens is 327 g/mol. The summed E-state index contributed by atoms with van der Waals surface area (Å²) in [6.07, 6.45) is 0. The van der Waals surface area contributed by atoms with E-state index in [1.54, 1.807) is 0 Å². The third-order valence-corrected chi connectivity index (χ3v) is 8.57. The van der Waals surface area contributed by atoms with E-state index in [1.807, 2.05) is 61.3 Å². The largest absolute Gasteiger partial charge is 0.293 e. The van der Waals surface area contributed by atoms with Gasteiger partial charge in [-0.25, -0.2) is 4.25 Å². The summed E-state index contributed by atoms with van der Waals surface area (Å²) in [5.74, 6) is 0. The van der Waals surface area contributed by atoms with Gasteiger partial charge in [-0.05, 0) is 36.4 Å². The molecule has 0 spiro atoms. The minimum absolute atomic E-state index is 0.389. The van der Waals surface area contributed by atoms with Crippen LogP contribution in [0.25, 0.3) is 0 Å². The molecule has 3 aromatic carbocycles. The first-order valence-electron chi connectivity index (χ1n) is 8.45. The van der Waals surface area contributed by atoms with E-state index in [9.17, 15) is 4.57 Å². The van der Waals surface area contributed by atoms with Crippen LogP contribution in [-0.2, 0) is 4.57 Å². The predicted octanol–water partition coefficient (Wildman–Crippen LogP) is 4.97. The van der Waals surface area contributed by atoms with Crippen LogP contribution in [0.1, 0.15) is 0 Å². The first-order valence-corrected chi connectivity index (χ1v) is 10.6. The van der Waals surface area contributed by atoms with E-state index in [2.05, 4.69) is 42.3 Å². The Balaban J connectivity index is 1.96. The number of nitrogens with zero attached hydrogens (tertiary/aromatic N) is 2. The molecular formula is C21H22N2OP+. The van der Waals surface area contributed by atoms with Crippen molar-refractivity contribution >= 4 is 29.7 Å². The molecule has 0 N–H and O–H groups in total. The van der Waals surface area contributed by atoms with E-state index in [0.717, 1.165) is 22.4 Å². The van der Waals surface area contributed by atoms with E-state index >= 15 is 0 Å². The monoisotopic (exact) mass is 349 g/mol. The Morgan fingerprint density at radius 2 is 1.40 bits per heavy atom. The minimum Gasteiger partial charge on any atom is -0.293 e. The highest BCUT2D eigenvalue weighted by atomic mass is 31.2. The third-order valence-electron chi connectivity index (χ3n) is 5.26. The number of anilines is 2. The van der Waals surface area contributed by atoms with E-state index in [1.165, 1.54) is 0 Å². The lowest BCUT2D eigenvalue weighted by molar-refractivity contribution is 0.471. The fourth-order valence-electron chi connectivity index (χ4n) is 3.63. The highest BCUT2D eigenvalue weighted by Crippen LogP contribution is 2.58. The molecule has 3 aromatic rings. The summed E-state index contributed by atoms with van der Waals surface area (Å²) in [5, 5.41) is 0.941. The van der Waals surface area contributed by atoms with Crippen molar-refractivity contribution in [1.29, 1.82) is 0 Å². The maximum atomic E-state index is 14.0. The Morgan fingerprint density at radius 3 is 2.08 bits per heavy atom. The van der Waals surface area contributed by atoms with Crippen LogP contribution in [0, 0.1) is 0 Å². The van der Waals surface area contributed by atoms with Gasteiger partial charge < -0.3 is 0 Å². The quantitative estimate of drug-likeness (QED) is 0.609. The molecule has 4 heteroatoms. The van der Waals surface area contributed by atoms with Crippen LogP contribution < -0.4 is 14.5 Å². The highest BCUT2D eigenvalue weighted by Gasteiger charge is 2.50. The van der Waals surface area contributed by atoms with Crippen molar-refractivity contribution in [1.82, 2.24) is 4.25 Å². The zero-order valence-electron chi connectivity index (χ0n) is 14.5. The number of hydrogen-bond donors (Lipinski definition) is 0. The first kappa shape index (κ1) is 16.1. The minimum atomic E-state index is -2.68. The number of rotatable bonds is 2. The molecule has 2 atom stereocenters. The van der Waals surface area contributed by atoms with Gasteiger partial charge in [-0.2, -0.15) is 0 Å². The zero-order valence-corrected chi connectivity index (χ0v) is 15.4. The number of quaternary nitrogens is 1. The van der Waals surface area contributed by atoms with Gasteiger partial charge in [-0.3, -0.25) is 9.46 Å². The summed E-state index contributed by atoms with van der Waals surface area (Å²) in [7, 11) is -0.597. The molecule has 126 valence electrons. The van der Waals surface area contributed by atoms with E-state index in [0.29, 0.717) is 10.9 Å². The van der Waals surface area contributed by atoms with Gasteiger partial charge in [-0.1, -0.05) is 48.5 Å². The summed E-state index contributed by atoms with van der Waals surface area (Å²) in [6, 6.07) is 28.6. The number of hydrogen-bond acceptors (Lipinski definition) is 2. The van der Waals surface area contributed by atoms with Crippen molar-refractivity contribution in [2.45, 2.75) is 0 Å². The van der Waals surface area contributed by atoms with Gasteiger partial charge in [0.1, 0.15) is 5.69 Å². The van der Waals surface area contributed by atoms with Gasteiger partial charge in [-0.15, -0.1) is 0 Å². The third kappa shape index (κ3) is 2.43. The molecule has 1 aliphatic rings. The topological polar surface area (TPSA) is 20.3 Å². The second kappa shape index (κ2) is 5.87. The van der Waals surface area contributed by atoms with Crippen molar-refractivity contribution < 1.29 is 4.57 Å². The van der Waals surface area contributed by atoms with Crippen LogP contribution in [0.3, 0.4) is 0 Å². The first-order chi connectivity index (χ1) is 12.0. The van der Waals surface area contributed by atoms with Crippen molar-refractivity contribution in [3.63, 3.8) is 0 Å². The molecule has 0 radical (unpaired) electrons. The molecule has 0 saturated heterocycles. The van der Waals surface area contributed by atoms with E-state index in [4.69, 9.17) is 0 Å². The van der Waals surface area contributed by atoms with E-state index in [-0.39, 0.29) is 0 Å². The summed E-state index contributed by atoms with van der Waals surface area (Å²) < 4.78 is 14.4. The highest BCUT2D eigenvalue weighted by molar-refractivity contribution is 7.71. The maximum Gasteiger partial charge on any atom is 0.282 e. The smallest absolute Gasteiger partial charge is 0.282 e. The summed E-state index contributed by atoms with van der Waals surface area (Å²) >= 11 is 0. The molecule has 0 aliphatic carbocycles. The molecule has 0 aromatic heterocycles. The SMILES string of the molecule is C[N+]1(c2ccccc2)CN(c2ccccc2)c2ccccc2P1(C)=O. The maximum absolute atomic E-state index is 14.0. The van der Waals surface area contributed by atoms with Crippen molar-refractivity contribution in [2.75, 3.05) is 25.3 Å². The van der Waals surface area contributed by atoms with Crippen LogP contribution in [0.15, 0.2) is 84.9 Å². The lowest BCUT2D eigenvalue weighted by Gasteiger charge is -2.47. The van der Waals surface area contributed by atoms with Crippen LogP contribution in [0.5, 0.6) is 0 Å². The fraction of sp³-hybridized carbons (Fsp3) is 0.143. The lowest BCUT2D eigenvalue weighted by atomic mass is 10.2. The molecule has 3 nitrogen and oxygen atoms in total.